The summed E-state index contributed by atoms with van der Waals surface area (Å²) < 4.78 is 0. The van der Waals surface area contributed by atoms with Crippen molar-refractivity contribution in [3.8, 4) is 0 Å². The van der Waals surface area contributed by atoms with Crippen LogP contribution in [0.5, 0.6) is 0 Å². The monoisotopic (exact) mass is 383 g/mol. The number of nitrogens with zero attached hydrogens (tertiary/aromatic N) is 1. The van der Waals surface area contributed by atoms with Crippen molar-refractivity contribution in [2.24, 2.45) is 5.92 Å². The lowest BCUT2D eigenvalue weighted by Gasteiger charge is -2.30. The zero-order valence-corrected chi connectivity index (χ0v) is 15.8. The van der Waals surface area contributed by atoms with Crippen LogP contribution in [-0.4, -0.2) is 35.6 Å². The van der Waals surface area contributed by atoms with Crippen LogP contribution in [0.1, 0.15) is 29.0 Å². The first-order chi connectivity index (χ1) is 11.2. The molecule has 2 aromatic heterocycles. The molecule has 0 amide bonds. The fourth-order valence-electron chi connectivity index (χ4n) is 3.04. The third-order valence-electron chi connectivity index (χ3n) is 4.22. The number of hydrogen-bond donors (Lipinski definition) is 1. The number of carboxylic acid groups (broad SMARTS) is 1. The zero-order chi connectivity index (χ0) is 16.1. The minimum Gasteiger partial charge on any atom is -0.481 e. The second kappa shape index (κ2) is 9.37. The summed E-state index contributed by atoms with van der Waals surface area (Å²) in [4.78, 5) is 16.0. The van der Waals surface area contributed by atoms with Gasteiger partial charge >= 0.3 is 5.97 Å². The van der Waals surface area contributed by atoms with Crippen LogP contribution in [0.15, 0.2) is 41.1 Å². The average Bonchev–Trinajstić information content (AvgIpc) is 3.25. The lowest BCUT2D eigenvalue weighted by molar-refractivity contribution is -0.143. The lowest BCUT2D eigenvalue weighted by atomic mass is 9.98. The first-order valence-electron chi connectivity index (χ1n) is 7.97. The number of carbonyl (C=O) groups is 1. The normalized spacial score (nSPS) is 17.9. The van der Waals surface area contributed by atoms with E-state index in [0.717, 1.165) is 32.4 Å². The fraction of sp³-hybridized carbons (Fsp3) is 0.389. The van der Waals surface area contributed by atoms with Crippen LogP contribution in [0.25, 0.3) is 5.57 Å². The molecule has 3 rings (SSSR count). The zero-order valence-electron chi connectivity index (χ0n) is 13.4. The van der Waals surface area contributed by atoms with E-state index < -0.39 is 5.97 Å². The Balaban J connectivity index is 0.00000208. The van der Waals surface area contributed by atoms with E-state index in [4.69, 9.17) is 0 Å². The topological polar surface area (TPSA) is 40.5 Å². The number of rotatable bonds is 6. The Bertz CT molecular complexity index is 616. The highest BCUT2D eigenvalue weighted by molar-refractivity contribution is 7.13. The second-order valence-electron chi connectivity index (χ2n) is 5.84. The molecule has 1 unspecified atom stereocenters. The summed E-state index contributed by atoms with van der Waals surface area (Å²) in [5, 5.41) is 13.4. The van der Waals surface area contributed by atoms with Crippen molar-refractivity contribution in [3.63, 3.8) is 0 Å². The van der Waals surface area contributed by atoms with Crippen molar-refractivity contribution in [1.29, 1.82) is 0 Å². The summed E-state index contributed by atoms with van der Waals surface area (Å²) in [6, 6.07) is 8.50. The number of piperidine rings is 1. The largest absolute Gasteiger partial charge is 0.481 e. The van der Waals surface area contributed by atoms with Crippen LogP contribution in [-0.2, 0) is 4.79 Å². The Labute approximate surface area is 157 Å². The molecular weight excluding hydrogens is 362 g/mol. The smallest absolute Gasteiger partial charge is 0.307 e. The van der Waals surface area contributed by atoms with E-state index in [-0.39, 0.29) is 18.3 Å². The molecule has 1 N–H and O–H groups in total. The molecule has 1 aliphatic rings. The van der Waals surface area contributed by atoms with Gasteiger partial charge in [-0.1, -0.05) is 18.2 Å². The van der Waals surface area contributed by atoms with Gasteiger partial charge < -0.3 is 10.0 Å². The van der Waals surface area contributed by atoms with Gasteiger partial charge in [0.15, 0.2) is 0 Å². The molecule has 0 aliphatic carbocycles. The number of hydrogen-bond acceptors (Lipinski definition) is 4. The molecule has 0 saturated carbocycles. The van der Waals surface area contributed by atoms with Gasteiger partial charge in [-0.25, -0.2) is 0 Å². The van der Waals surface area contributed by atoms with Gasteiger partial charge in [0.25, 0.3) is 0 Å². The van der Waals surface area contributed by atoms with Crippen LogP contribution in [0.2, 0.25) is 0 Å². The third-order valence-corrected chi connectivity index (χ3v) is 6.03. The Morgan fingerprint density at radius 3 is 2.46 bits per heavy atom. The number of halogens is 1. The van der Waals surface area contributed by atoms with Crippen LogP contribution < -0.4 is 0 Å². The third kappa shape index (κ3) is 4.93. The molecule has 1 aliphatic heterocycles. The van der Waals surface area contributed by atoms with Crippen LogP contribution >= 0.6 is 35.1 Å². The van der Waals surface area contributed by atoms with Gasteiger partial charge in [0.2, 0.25) is 0 Å². The summed E-state index contributed by atoms with van der Waals surface area (Å²) in [5.41, 5.74) is 1.31. The molecule has 3 nitrogen and oxygen atoms in total. The maximum Gasteiger partial charge on any atom is 0.307 e. The summed E-state index contributed by atoms with van der Waals surface area (Å²) in [7, 11) is 0. The summed E-state index contributed by atoms with van der Waals surface area (Å²) in [6.45, 7) is 2.64. The first-order valence-corrected chi connectivity index (χ1v) is 9.73. The maximum atomic E-state index is 11.2. The molecule has 3 heterocycles. The summed E-state index contributed by atoms with van der Waals surface area (Å²) >= 11 is 3.53. The van der Waals surface area contributed by atoms with Gasteiger partial charge in [0.1, 0.15) is 0 Å². The van der Waals surface area contributed by atoms with E-state index in [1.165, 1.54) is 15.3 Å². The highest BCUT2D eigenvalue weighted by Gasteiger charge is 2.24. The molecule has 1 atom stereocenters. The van der Waals surface area contributed by atoms with E-state index in [1.54, 1.807) is 22.7 Å². The Morgan fingerprint density at radius 1 is 1.25 bits per heavy atom. The second-order valence-corrected chi connectivity index (χ2v) is 7.73. The molecule has 2 aromatic rings. The average molecular weight is 384 g/mol. The predicted octanol–water partition coefficient (Wildman–Crippen LogP) is 4.85. The Kier molecular flexibility index (Phi) is 7.49. The van der Waals surface area contributed by atoms with E-state index >= 15 is 0 Å². The van der Waals surface area contributed by atoms with Gasteiger partial charge in [-0.2, -0.15) is 0 Å². The van der Waals surface area contributed by atoms with Gasteiger partial charge in [0, 0.05) is 28.4 Å². The first kappa shape index (κ1) is 19.2. The van der Waals surface area contributed by atoms with Crippen LogP contribution in [0.4, 0.5) is 0 Å². The van der Waals surface area contributed by atoms with Crippen molar-refractivity contribution in [2.75, 3.05) is 19.6 Å². The molecular formula is C18H22ClNO2S2. The molecule has 130 valence electrons. The van der Waals surface area contributed by atoms with E-state index in [2.05, 4.69) is 46.0 Å². The minimum absolute atomic E-state index is 0. The molecule has 6 heteroatoms. The van der Waals surface area contributed by atoms with E-state index in [9.17, 15) is 9.90 Å². The molecule has 0 spiro atoms. The van der Waals surface area contributed by atoms with E-state index in [0.29, 0.717) is 6.54 Å². The summed E-state index contributed by atoms with van der Waals surface area (Å²) in [5.74, 6) is -0.843. The molecule has 24 heavy (non-hydrogen) atoms. The lowest BCUT2D eigenvalue weighted by Crippen LogP contribution is -2.39. The van der Waals surface area contributed by atoms with Gasteiger partial charge in [-0.3, -0.25) is 4.79 Å². The van der Waals surface area contributed by atoms with Crippen molar-refractivity contribution in [2.45, 2.75) is 19.3 Å². The quantitative estimate of drug-likeness (QED) is 0.775. The van der Waals surface area contributed by atoms with Gasteiger partial charge in [0.05, 0.1) is 5.92 Å². The highest BCUT2D eigenvalue weighted by Crippen LogP contribution is 2.30. The molecule has 1 saturated heterocycles. The number of likely N-dealkylation sites (tertiary alicyclic amines) is 1. The minimum atomic E-state index is -0.650. The molecule has 1 fully saturated rings. The number of thiophene rings is 2. The maximum absolute atomic E-state index is 11.2. The Hall–Kier alpha value is -1.14. The molecule has 0 bridgehead atoms. The number of carboxylic acids is 1. The van der Waals surface area contributed by atoms with Crippen LogP contribution in [0.3, 0.4) is 0 Å². The fourth-order valence-corrected chi connectivity index (χ4v) is 4.66. The highest BCUT2D eigenvalue weighted by atomic mass is 35.5. The molecule has 0 radical (unpaired) electrons. The molecule has 0 aromatic carbocycles. The van der Waals surface area contributed by atoms with E-state index in [1.807, 2.05) is 0 Å². The van der Waals surface area contributed by atoms with Gasteiger partial charge in [-0.15, -0.1) is 35.1 Å². The van der Waals surface area contributed by atoms with Crippen molar-refractivity contribution >= 4 is 46.6 Å². The number of aliphatic carboxylic acids is 1. The summed E-state index contributed by atoms with van der Waals surface area (Å²) in [6.07, 6.45) is 5.07. The Morgan fingerprint density at radius 2 is 1.92 bits per heavy atom. The predicted molar refractivity (Wildman–Crippen MR) is 104 cm³/mol. The van der Waals surface area contributed by atoms with Crippen molar-refractivity contribution < 1.29 is 9.90 Å². The standard InChI is InChI=1S/C18H21NO2S2.ClH/c20-18(21)14-5-1-9-19(13-14)10-2-6-15(16-7-3-11-22-16)17-8-4-12-23-17;/h3-4,6-8,11-12,14H,1-2,5,9-10,13H2,(H,20,21);1H. The van der Waals surface area contributed by atoms with Crippen molar-refractivity contribution in [1.82, 2.24) is 4.90 Å². The van der Waals surface area contributed by atoms with Gasteiger partial charge in [-0.05, 0) is 48.7 Å². The van der Waals surface area contributed by atoms with Crippen molar-refractivity contribution in [3.05, 3.63) is 50.9 Å². The van der Waals surface area contributed by atoms with Crippen LogP contribution in [0, 0.1) is 5.92 Å². The SMILES string of the molecule is Cl.O=C(O)C1CCCN(CCC=C(c2cccs2)c2cccs2)C1.